The maximum Gasteiger partial charge on any atom is 0.232 e. The van der Waals surface area contributed by atoms with Crippen molar-refractivity contribution in [3.05, 3.63) is 48.0 Å². The summed E-state index contributed by atoms with van der Waals surface area (Å²) in [6.07, 6.45) is 3.22. The zero-order valence-corrected chi connectivity index (χ0v) is 14.1. The van der Waals surface area contributed by atoms with Crippen LogP contribution in [0.5, 0.6) is 0 Å². The van der Waals surface area contributed by atoms with Gasteiger partial charge >= 0.3 is 0 Å². The first kappa shape index (κ1) is 16.7. The highest BCUT2D eigenvalue weighted by atomic mass is 16.2. The number of benzene rings is 1. The highest BCUT2D eigenvalue weighted by molar-refractivity contribution is 5.73. The number of piperazine rings is 1. The summed E-state index contributed by atoms with van der Waals surface area (Å²) < 4.78 is 0. The quantitative estimate of drug-likeness (QED) is 0.913. The topological polar surface area (TPSA) is 85.2 Å². The molecule has 0 radical (unpaired) electrons. The largest absolute Gasteiger partial charge is 0.378 e. The molecule has 0 aliphatic carbocycles. The number of nitrogens with zero attached hydrogens (tertiary/aromatic N) is 5. The summed E-state index contributed by atoms with van der Waals surface area (Å²) in [5.74, 6) is 0.296. The Hall–Kier alpha value is -3.14. The lowest BCUT2D eigenvalue weighted by Gasteiger charge is -2.36. The number of nitriles is 1. The Kier molecular flexibility index (Phi) is 5.09. The molecule has 0 unspecified atom stereocenters. The number of aromatic nitrogens is 2. The van der Waals surface area contributed by atoms with Crippen molar-refractivity contribution in [2.75, 3.05) is 36.4 Å². The maximum atomic E-state index is 11.5. The molecular formula is C18H20N6O. The van der Waals surface area contributed by atoms with Crippen molar-refractivity contribution in [3.8, 4) is 6.07 Å². The number of nitrogens with one attached hydrogen (secondary N) is 1. The second-order valence-corrected chi connectivity index (χ2v) is 5.88. The third kappa shape index (κ3) is 4.04. The lowest BCUT2D eigenvalue weighted by atomic mass is 10.1. The zero-order valence-electron chi connectivity index (χ0n) is 14.1. The molecule has 128 valence electrons. The van der Waals surface area contributed by atoms with E-state index in [2.05, 4.69) is 32.3 Å². The van der Waals surface area contributed by atoms with Crippen LogP contribution in [0.4, 0.5) is 11.4 Å². The number of amides is 1. The molecule has 1 saturated heterocycles. The van der Waals surface area contributed by atoms with Crippen LogP contribution in [0.1, 0.15) is 18.3 Å². The average Bonchev–Trinajstić information content (AvgIpc) is 2.67. The molecule has 1 aliphatic heterocycles. The predicted octanol–water partition coefficient (Wildman–Crippen LogP) is 1.63. The van der Waals surface area contributed by atoms with E-state index in [1.807, 2.05) is 23.1 Å². The Morgan fingerprint density at radius 2 is 1.88 bits per heavy atom. The van der Waals surface area contributed by atoms with Crippen LogP contribution in [0.2, 0.25) is 0 Å². The standard InChI is InChI=1S/C18H20N6O/c1-14(25)23-6-8-24(9-7-23)17-5-3-2-4-15(17)11-20-16-12-21-18(10-19)22-13-16/h2-5,12-13,20H,6-9,11H2,1H3. The van der Waals surface area contributed by atoms with Gasteiger partial charge in [-0.2, -0.15) is 5.26 Å². The lowest BCUT2D eigenvalue weighted by Crippen LogP contribution is -2.48. The number of carbonyl (C=O) groups is 1. The molecular weight excluding hydrogens is 316 g/mol. The SMILES string of the molecule is CC(=O)N1CCN(c2ccccc2CNc2cnc(C#N)nc2)CC1. The summed E-state index contributed by atoms with van der Waals surface area (Å²) in [6, 6.07) is 10.1. The molecule has 0 saturated carbocycles. The van der Waals surface area contributed by atoms with E-state index in [0.29, 0.717) is 6.54 Å². The molecule has 1 aromatic carbocycles. The minimum absolute atomic E-state index is 0.135. The van der Waals surface area contributed by atoms with Gasteiger partial charge in [0.25, 0.3) is 0 Å². The Balaban J connectivity index is 1.67. The third-order valence-corrected chi connectivity index (χ3v) is 4.29. The van der Waals surface area contributed by atoms with Crippen LogP contribution in [0.25, 0.3) is 0 Å². The molecule has 1 aromatic heterocycles. The fourth-order valence-corrected chi connectivity index (χ4v) is 2.91. The van der Waals surface area contributed by atoms with Crippen molar-refractivity contribution in [2.24, 2.45) is 0 Å². The highest BCUT2D eigenvalue weighted by Crippen LogP contribution is 2.23. The summed E-state index contributed by atoms with van der Waals surface area (Å²) in [4.78, 5) is 23.6. The van der Waals surface area contributed by atoms with E-state index in [4.69, 9.17) is 5.26 Å². The van der Waals surface area contributed by atoms with Gasteiger partial charge in [-0.05, 0) is 11.6 Å². The van der Waals surface area contributed by atoms with Gasteiger partial charge in [-0.15, -0.1) is 0 Å². The first-order valence-electron chi connectivity index (χ1n) is 8.22. The Morgan fingerprint density at radius 1 is 1.20 bits per heavy atom. The molecule has 1 N–H and O–H groups in total. The van der Waals surface area contributed by atoms with E-state index in [-0.39, 0.29) is 11.7 Å². The normalized spacial score (nSPS) is 14.1. The van der Waals surface area contributed by atoms with E-state index < -0.39 is 0 Å². The second kappa shape index (κ2) is 7.62. The summed E-state index contributed by atoms with van der Waals surface area (Å²) >= 11 is 0. The first-order valence-corrected chi connectivity index (χ1v) is 8.22. The zero-order chi connectivity index (χ0) is 17.6. The van der Waals surface area contributed by atoms with Gasteiger partial charge in [-0.3, -0.25) is 4.79 Å². The fraction of sp³-hybridized carbons (Fsp3) is 0.333. The number of rotatable bonds is 4. The van der Waals surface area contributed by atoms with Crippen molar-refractivity contribution in [3.63, 3.8) is 0 Å². The summed E-state index contributed by atoms with van der Waals surface area (Å²) in [7, 11) is 0. The van der Waals surface area contributed by atoms with Crippen LogP contribution >= 0.6 is 0 Å². The van der Waals surface area contributed by atoms with Crippen molar-refractivity contribution in [2.45, 2.75) is 13.5 Å². The van der Waals surface area contributed by atoms with Gasteiger partial charge in [0.1, 0.15) is 6.07 Å². The van der Waals surface area contributed by atoms with Gasteiger partial charge in [-0.25, -0.2) is 9.97 Å². The van der Waals surface area contributed by atoms with Crippen LogP contribution < -0.4 is 10.2 Å². The molecule has 1 aliphatic rings. The lowest BCUT2D eigenvalue weighted by molar-refractivity contribution is -0.129. The van der Waals surface area contributed by atoms with Crippen LogP contribution in [0, 0.1) is 11.3 Å². The molecule has 7 heteroatoms. The average molecular weight is 336 g/mol. The minimum Gasteiger partial charge on any atom is -0.378 e. The predicted molar refractivity (Wildman–Crippen MR) is 95.0 cm³/mol. The minimum atomic E-state index is 0.135. The summed E-state index contributed by atoms with van der Waals surface area (Å²) in [5, 5.41) is 12.0. The van der Waals surface area contributed by atoms with Crippen molar-refractivity contribution >= 4 is 17.3 Å². The van der Waals surface area contributed by atoms with Gasteiger partial charge < -0.3 is 15.1 Å². The smallest absolute Gasteiger partial charge is 0.232 e. The Labute approximate surface area is 146 Å². The number of hydrogen-bond donors (Lipinski definition) is 1. The maximum absolute atomic E-state index is 11.5. The molecule has 0 spiro atoms. The molecule has 2 heterocycles. The molecule has 7 nitrogen and oxygen atoms in total. The molecule has 2 aromatic rings. The van der Waals surface area contributed by atoms with E-state index in [1.165, 1.54) is 11.3 Å². The van der Waals surface area contributed by atoms with Gasteiger partial charge in [-0.1, -0.05) is 18.2 Å². The first-order chi connectivity index (χ1) is 12.2. The highest BCUT2D eigenvalue weighted by Gasteiger charge is 2.20. The molecule has 0 bridgehead atoms. The Morgan fingerprint density at radius 3 is 2.52 bits per heavy atom. The van der Waals surface area contributed by atoms with E-state index >= 15 is 0 Å². The molecule has 1 fully saturated rings. The van der Waals surface area contributed by atoms with Gasteiger partial charge in [0.05, 0.1) is 18.1 Å². The van der Waals surface area contributed by atoms with Gasteiger partial charge in [0.2, 0.25) is 11.7 Å². The molecule has 1 amide bonds. The van der Waals surface area contributed by atoms with Crippen LogP contribution in [-0.2, 0) is 11.3 Å². The van der Waals surface area contributed by atoms with E-state index in [0.717, 1.165) is 31.9 Å². The third-order valence-electron chi connectivity index (χ3n) is 4.29. The van der Waals surface area contributed by atoms with Crippen LogP contribution in [0.15, 0.2) is 36.7 Å². The number of carbonyl (C=O) groups excluding carboxylic acids is 1. The van der Waals surface area contributed by atoms with Crippen molar-refractivity contribution < 1.29 is 4.79 Å². The van der Waals surface area contributed by atoms with Gasteiger partial charge in [0.15, 0.2) is 0 Å². The van der Waals surface area contributed by atoms with E-state index in [1.54, 1.807) is 19.3 Å². The molecule has 0 atom stereocenters. The van der Waals surface area contributed by atoms with Gasteiger partial charge in [0, 0.05) is 45.3 Å². The van der Waals surface area contributed by atoms with E-state index in [9.17, 15) is 4.79 Å². The monoisotopic (exact) mass is 336 g/mol. The summed E-state index contributed by atoms with van der Waals surface area (Å²) in [6.45, 7) is 5.42. The summed E-state index contributed by atoms with van der Waals surface area (Å²) in [5.41, 5.74) is 3.12. The molecule has 3 rings (SSSR count). The van der Waals surface area contributed by atoms with Crippen LogP contribution in [-0.4, -0.2) is 47.0 Å². The number of anilines is 2. The van der Waals surface area contributed by atoms with Crippen molar-refractivity contribution in [1.82, 2.24) is 14.9 Å². The second-order valence-electron chi connectivity index (χ2n) is 5.88. The van der Waals surface area contributed by atoms with Crippen molar-refractivity contribution in [1.29, 1.82) is 5.26 Å². The fourth-order valence-electron chi connectivity index (χ4n) is 2.91. The number of para-hydroxylation sites is 1. The Bertz CT molecular complexity index is 775. The molecule has 25 heavy (non-hydrogen) atoms. The number of hydrogen-bond acceptors (Lipinski definition) is 6. The van der Waals surface area contributed by atoms with Crippen LogP contribution in [0.3, 0.4) is 0 Å².